The molecule has 0 bridgehead atoms. The maximum Gasteiger partial charge on any atom is 2.00 e. The summed E-state index contributed by atoms with van der Waals surface area (Å²) >= 11 is 0. The maximum atomic E-state index is 9.75. The Bertz CT molecular complexity index is 261. The zero-order valence-corrected chi connectivity index (χ0v) is 14.3. The molecule has 0 saturated heterocycles. The van der Waals surface area contributed by atoms with Crippen molar-refractivity contribution >= 4 is 7.25 Å². The van der Waals surface area contributed by atoms with E-state index in [1.54, 1.807) is 0 Å². The van der Waals surface area contributed by atoms with Gasteiger partial charge in [0.2, 0.25) is 0 Å². The SMILES string of the molecule is C1=C\CC/C=C\CC/1.C1=C\CC/C=C\CC/1.F[B-](F)(F)F.[Rh+2]. The van der Waals surface area contributed by atoms with E-state index in [0.29, 0.717) is 0 Å². The molecule has 0 aromatic rings. The number of halogens is 4. The van der Waals surface area contributed by atoms with Gasteiger partial charge in [0.15, 0.2) is 0 Å². The molecule has 22 heavy (non-hydrogen) atoms. The molecule has 0 fully saturated rings. The van der Waals surface area contributed by atoms with E-state index in [1.807, 2.05) is 0 Å². The van der Waals surface area contributed by atoms with E-state index >= 15 is 0 Å². The molecule has 2 aliphatic rings. The van der Waals surface area contributed by atoms with Crippen molar-refractivity contribution in [1.29, 1.82) is 0 Å². The Morgan fingerprint density at radius 3 is 0.591 bits per heavy atom. The van der Waals surface area contributed by atoms with Crippen LogP contribution < -0.4 is 0 Å². The molecular weight excluding hydrogens is 382 g/mol. The first-order chi connectivity index (χ1) is 10.0. The predicted molar refractivity (Wildman–Crippen MR) is 83.7 cm³/mol. The largest absolute Gasteiger partial charge is 2.00 e. The molecule has 1 radical (unpaired) electrons. The predicted octanol–water partition coefficient (Wildman–Crippen LogP) is 6.64. The molecule has 127 valence electrons. The molecule has 0 unspecified atom stereocenters. The van der Waals surface area contributed by atoms with Crippen molar-refractivity contribution < 1.29 is 36.7 Å². The van der Waals surface area contributed by atoms with Crippen molar-refractivity contribution in [1.82, 2.24) is 0 Å². The van der Waals surface area contributed by atoms with Crippen LogP contribution in [0.4, 0.5) is 17.3 Å². The second kappa shape index (κ2) is 16.7. The van der Waals surface area contributed by atoms with Gasteiger partial charge in [-0.2, -0.15) is 0 Å². The topological polar surface area (TPSA) is 0 Å². The van der Waals surface area contributed by atoms with Crippen molar-refractivity contribution in [2.45, 2.75) is 51.4 Å². The molecule has 0 aromatic heterocycles. The Morgan fingerprint density at radius 2 is 0.500 bits per heavy atom. The van der Waals surface area contributed by atoms with Crippen molar-refractivity contribution in [3.63, 3.8) is 0 Å². The smallest absolute Gasteiger partial charge is 0.418 e. The van der Waals surface area contributed by atoms with Crippen molar-refractivity contribution in [2.24, 2.45) is 0 Å². The molecule has 0 aliphatic heterocycles. The number of hydrogen-bond donors (Lipinski definition) is 0. The monoisotopic (exact) mass is 406 g/mol. The molecule has 0 spiro atoms. The van der Waals surface area contributed by atoms with E-state index in [0.717, 1.165) is 0 Å². The van der Waals surface area contributed by atoms with Crippen LogP contribution in [0.3, 0.4) is 0 Å². The summed E-state index contributed by atoms with van der Waals surface area (Å²) < 4.78 is 39.0. The van der Waals surface area contributed by atoms with E-state index in [1.165, 1.54) is 51.4 Å². The van der Waals surface area contributed by atoms with E-state index in [4.69, 9.17) is 0 Å². The Kier molecular flexibility index (Phi) is 18.0. The van der Waals surface area contributed by atoms with Gasteiger partial charge in [0.1, 0.15) is 0 Å². The Morgan fingerprint density at radius 1 is 0.409 bits per heavy atom. The molecule has 0 atom stereocenters. The van der Waals surface area contributed by atoms with Gasteiger partial charge in [0, 0.05) is 0 Å². The fourth-order valence-corrected chi connectivity index (χ4v) is 1.71. The second-order valence-corrected chi connectivity index (χ2v) is 4.69. The van der Waals surface area contributed by atoms with Crippen molar-refractivity contribution in [2.75, 3.05) is 0 Å². The van der Waals surface area contributed by atoms with Crippen LogP contribution in [0.25, 0.3) is 0 Å². The average molecular weight is 406 g/mol. The third kappa shape index (κ3) is 27.7. The molecule has 6 heteroatoms. The summed E-state index contributed by atoms with van der Waals surface area (Å²) in [7, 11) is -6.00. The average Bonchev–Trinajstić information content (AvgIpc) is 2.24. The van der Waals surface area contributed by atoms with Crippen LogP contribution in [-0.2, 0) is 19.5 Å². The molecule has 0 N–H and O–H groups in total. The zero-order valence-electron chi connectivity index (χ0n) is 12.7. The summed E-state index contributed by atoms with van der Waals surface area (Å²) in [4.78, 5) is 0. The second-order valence-electron chi connectivity index (χ2n) is 4.69. The summed E-state index contributed by atoms with van der Waals surface area (Å²) in [6.45, 7) is 0. The van der Waals surface area contributed by atoms with Gasteiger partial charge in [-0.3, -0.25) is 0 Å². The molecular formula is C16H24BF4Rh+. The van der Waals surface area contributed by atoms with Gasteiger partial charge in [-0.1, -0.05) is 48.6 Å². The minimum Gasteiger partial charge on any atom is -0.418 e. The van der Waals surface area contributed by atoms with Gasteiger partial charge in [-0.25, -0.2) is 0 Å². The molecule has 2 rings (SSSR count). The first kappa shape index (κ1) is 23.6. The van der Waals surface area contributed by atoms with E-state index in [2.05, 4.69) is 48.6 Å². The van der Waals surface area contributed by atoms with Crippen LogP contribution in [0.15, 0.2) is 48.6 Å². The van der Waals surface area contributed by atoms with Crippen LogP contribution in [0.1, 0.15) is 51.4 Å². The molecule has 2 aliphatic carbocycles. The van der Waals surface area contributed by atoms with E-state index < -0.39 is 7.25 Å². The van der Waals surface area contributed by atoms with Gasteiger partial charge in [0.05, 0.1) is 0 Å². The van der Waals surface area contributed by atoms with Crippen molar-refractivity contribution in [3.8, 4) is 0 Å². The van der Waals surface area contributed by atoms with Crippen LogP contribution in [-0.4, -0.2) is 7.25 Å². The van der Waals surface area contributed by atoms with Gasteiger partial charge < -0.3 is 17.3 Å². The fourth-order valence-electron chi connectivity index (χ4n) is 1.71. The summed E-state index contributed by atoms with van der Waals surface area (Å²) in [5.74, 6) is 0. The van der Waals surface area contributed by atoms with E-state index in [-0.39, 0.29) is 19.5 Å². The summed E-state index contributed by atoms with van der Waals surface area (Å²) in [5.41, 5.74) is 0. The first-order valence-corrected chi connectivity index (χ1v) is 7.47. The minimum atomic E-state index is -6.00. The Balaban J connectivity index is 0. The molecule has 0 amide bonds. The third-order valence-corrected chi connectivity index (χ3v) is 2.67. The zero-order chi connectivity index (χ0) is 15.8. The standard InChI is InChI=1S/2C8H12.BF4.Rh/c2*1-2-4-6-8-7-5-3-1;2-1(3,4)5;/h2*1-2,7-8H,3-6H2;;/q;;-1;+2/b2*2-1-,8-7-;;. The minimum absolute atomic E-state index is 0. The molecule has 0 aromatic carbocycles. The summed E-state index contributed by atoms with van der Waals surface area (Å²) in [6, 6.07) is 0. The fraction of sp³-hybridized carbons (Fsp3) is 0.500. The van der Waals surface area contributed by atoms with Gasteiger partial charge >= 0.3 is 26.7 Å². The summed E-state index contributed by atoms with van der Waals surface area (Å²) in [6.07, 6.45) is 28.0. The van der Waals surface area contributed by atoms with Gasteiger partial charge in [-0.15, -0.1) is 0 Å². The molecule has 0 heterocycles. The van der Waals surface area contributed by atoms with Crippen LogP contribution >= 0.6 is 0 Å². The molecule has 0 saturated carbocycles. The number of hydrogen-bond acceptors (Lipinski definition) is 0. The van der Waals surface area contributed by atoms with Gasteiger partial charge in [-0.05, 0) is 51.4 Å². The quantitative estimate of drug-likeness (QED) is 0.240. The van der Waals surface area contributed by atoms with Crippen LogP contribution in [0, 0.1) is 0 Å². The number of rotatable bonds is 0. The first-order valence-electron chi connectivity index (χ1n) is 7.47. The van der Waals surface area contributed by atoms with Crippen LogP contribution in [0.5, 0.6) is 0 Å². The maximum absolute atomic E-state index is 9.75. The Hall–Kier alpha value is -0.632. The van der Waals surface area contributed by atoms with Crippen LogP contribution in [0.2, 0.25) is 0 Å². The molecule has 0 nitrogen and oxygen atoms in total. The Labute approximate surface area is 144 Å². The normalized spacial score (nSPS) is 23.1. The van der Waals surface area contributed by atoms with Crippen molar-refractivity contribution in [3.05, 3.63) is 48.6 Å². The van der Waals surface area contributed by atoms with Gasteiger partial charge in [0.25, 0.3) is 0 Å². The summed E-state index contributed by atoms with van der Waals surface area (Å²) in [5, 5.41) is 0. The third-order valence-electron chi connectivity index (χ3n) is 2.67. The number of allylic oxidation sites excluding steroid dienone is 8. The van der Waals surface area contributed by atoms with E-state index in [9.17, 15) is 17.3 Å².